The Labute approximate surface area is 103 Å². The maximum Gasteiger partial charge on any atom is 0.250 e. The van der Waals surface area contributed by atoms with Crippen LogP contribution < -0.4 is 5.73 Å². The first-order chi connectivity index (χ1) is 7.06. The molecule has 1 amide bonds. The highest BCUT2D eigenvalue weighted by Gasteiger charge is 2.11. The van der Waals surface area contributed by atoms with Crippen LogP contribution in [0.2, 0.25) is 5.02 Å². The van der Waals surface area contributed by atoms with E-state index >= 15 is 0 Å². The number of benzene rings is 1. The van der Waals surface area contributed by atoms with Crippen molar-refractivity contribution in [3.8, 4) is 0 Å². The summed E-state index contributed by atoms with van der Waals surface area (Å²) in [5, 5.41) is 0.485. The van der Waals surface area contributed by atoms with E-state index in [1.54, 1.807) is 6.07 Å². The first-order valence-corrected chi connectivity index (χ1v) is 6.01. The molecule has 82 valence electrons. The second-order valence-corrected chi connectivity index (χ2v) is 4.69. The highest BCUT2D eigenvalue weighted by atomic mass is 79.9. The number of carbonyl (C=O) groups excluding carboxylic acids is 1. The molecule has 0 unspecified atom stereocenters. The highest BCUT2D eigenvalue weighted by Crippen LogP contribution is 2.27. The van der Waals surface area contributed by atoms with E-state index in [-0.39, 0.29) is 0 Å². The Bertz CT molecular complexity index is 379. The van der Waals surface area contributed by atoms with Gasteiger partial charge in [0, 0.05) is 4.47 Å². The molecule has 1 rings (SSSR count). The number of nitrogens with two attached hydrogens (primary N) is 1. The van der Waals surface area contributed by atoms with E-state index in [0.717, 1.165) is 29.3 Å². The molecule has 4 heteroatoms. The van der Waals surface area contributed by atoms with Gasteiger partial charge in [0.1, 0.15) is 0 Å². The maximum absolute atomic E-state index is 11.1. The lowest BCUT2D eigenvalue weighted by atomic mass is 10.0. The number of hydrogen-bond acceptors (Lipinski definition) is 1. The Morgan fingerprint density at radius 1 is 1.53 bits per heavy atom. The van der Waals surface area contributed by atoms with Crippen molar-refractivity contribution in [2.75, 3.05) is 0 Å². The van der Waals surface area contributed by atoms with Gasteiger partial charge < -0.3 is 5.73 Å². The summed E-state index contributed by atoms with van der Waals surface area (Å²) in [5.41, 5.74) is 6.60. The zero-order valence-electron chi connectivity index (χ0n) is 8.52. The van der Waals surface area contributed by atoms with Gasteiger partial charge in [0.25, 0.3) is 0 Å². The monoisotopic (exact) mass is 289 g/mol. The molecule has 2 nitrogen and oxygen atoms in total. The van der Waals surface area contributed by atoms with E-state index in [4.69, 9.17) is 17.3 Å². The molecule has 0 saturated carbocycles. The van der Waals surface area contributed by atoms with E-state index in [1.165, 1.54) is 0 Å². The Morgan fingerprint density at radius 2 is 2.20 bits per heavy atom. The molecular weight excluding hydrogens is 277 g/mol. The topological polar surface area (TPSA) is 43.1 Å². The molecule has 0 aliphatic carbocycles. The lowest BCUT2D eigenvalue weighted by molar-refractivity contribution is 0.100. The third kappa shape index (κ3) is 3.21. The molecule has 0 aromatic heterocycles. The van der Waals surface area contributed by atoms with Gasteiger partial charge >= 0.3 is 0 Å². The molecule has 0 spiro atoms. The largest absolute Gasteiger partial charge is 0.366 e. The standard InChI is InChI=1S/C11H13BrClNO/c1-2-3-4-7-5-8(12)6-9(10(7)13)11(14)15/h5-6H,2-4H2,1H3,(H2,14,15). The summed E-state index contributed by atoms with van der Waals surface area (Å²) in [5.74, 6) is -0.487. The van der Waals surface area contributed by atoms with Gasteiger partial charge in [0.05, 0.1) is 10.6 Å². The van der Waals surface area contributed by atoms with Crippen LogP contribution in [-0.2, 0) is 6.42 Å². The van der Waals surface area contributed by atoms with Crippen LogP contribution in [0.25, 0.3) is 0 Å². The van der Waals surface area contributed by atoms with Gasteiger partial charge in [0.2, 0.25) is 5.91 Å². The smallest absolute Gasteiger partial charge is 0.250 e. The van der Waals surface area contributed by atoms with Crippen molar-refractivity contribution in [1.29, 1.82) is 0 Å². The molecule has 0 saturated heterocycles. The van der Waals surface area contributed by atoms with Crippen LogP contribution in [0.5, 0.6) is 0 Å². The van der Waals surface area contributed by atoms with Crippen molar-refractivity contribution in [3.63, 3.8) is 0 Å². The lowest BCUT2D eigenvalue weighted by Crippen LogP contribution is -2.12. The van der Waals surface area contributed by atoms with E-state index in [2.05, 4.69) is 22.9 Å². The second kappa shape index (κ2) is 5.52. The van der Waals surface area contributed by atoms with Crippen LogP contribution in [0, 0.1) is 0 Å². The van der Waals surface area contributed by atoms with Gasteiger partial charge in [-0.3, -0.25) is 4.79 Å². The van der Waals surface area contributed by atoms with Crippen molar-refractivity contribution < 1.29 is 4.79 Å². The van der Waals surface area contributed by atoms with Gasteiger partial charge in [-0.15, -0.1) is 0 Å². The summed E-state index contributed by atoms with van der Waals surface area (Å²) >= 11 is 9.43. The number of aryl methyl sites for hydroxylation is 1. The highest BCUT2D eigenvalue weighted by molar-refractivity contribution is 9.10. The van der Waals surface area contributed by atoms with Gasteiger partial charge in [-0.2, -0.15) is 0 Å². The molecular formula is C11H13BrClNO. The van der Waals surface area contributed by atoms with E-state index in [0.29, 0.717) is 10.6 Å². The molecule has 2 N–H and O–H groups in total. The second-order valence-electron chi connectivity index (χ2n) is 3.39. The maximum atomic E-state index is 11.1. The van der Waals surface area contributed by atoms with Crippen LogP contribution in [0.3, 0.4) is 0 Å². The number of hydrogen-bond donors (Lipinski definition) is 1. The van der Waals surface area contributed by atoms with E-state index < -0.39 is 5.91 Å². The minimum atomic E-state index is -0.487. The van der Waals surface area contributed by atoms with Gasteiger partial charge in [-0.05, 0) is 30.5 Å². The van der Waals surface area contributed by atoms with Gasteiger partial charge in [-0.25, -0.2) is 0 Å². The van der Waals surface area contributed by atoms with Crippen molar-refractivity contribution in [2.24, 2.45) is 5.73 Å². The summed E-state index contributed by atoms with van der Waals surface area (Å²) in [4.78, 5) is 11.1. The van der Waals surface area contributed by atoms with E-state index in [9.17, 15) is 4.79 Å². The lowest BCUT2D eigenvalue weighted by Gasteiger charge is -2.08. The Hall–Kier alpha value is -0.540. The zero-order chi connectivity index (χ0) is 11.4. The third-order valence-corrected chi connectivity index (χ3v) is 3.08. The molecule has 15 heavy (non-hydrogen) atoms. The first kappa shape index (κ1) is 12.5. The minimum absolute atomic E-state index is 0.386. The molecule has 0 aliphatic rings. The quantitative estimate of drug-likeness (QED) is 0.905. The normalized spacial score (nSPS) is 10.3. The predicted molar refractivity (Wildman–Crippen MR) is 66.3 cm³/mol. The fraction of sp³-hybridized carbons (Fsp3) is 0.364. The van der Waals surface area contributed by atoms with Crippen LogP contribution in [0.15, 0.2) is 16.6 Å². The van der Waals surface area contributed by atoms with Crippen LogP contribution >= 0.6 is 27.5 Å². The number of amides is 1. The molecule has 0 fully saturated rings. The fourth-order valence-corrected chi connectivity index (χ4v) is 2.18. The number of primary amides is 1. The van der Waals surface area contributed by atoms with Crippen LogP contribution in [0.1, 0.15) is 35.7 Å². The van der Waals surface area contributed by atoms with E-state index in [1.807, 2.05) is 6.07 Å². The van der Waals surface area contributed by atoms with Crippen molar-refractivity contribution in [3.05, 3.63) is 32.8 Å². The Kier molecular flexibility index (Phi) is 4.61. The number of carbonyl (C=O) groups is 1. The summed E-state index contributed by atoms with van der Waals surface area (Å²) < 4.78 is 0.840. The summed E-state index contributed by atoms with van der Waals surface area (Å²) in [6.45, 7) is 2.11. The number of unbranched alkanes of at least 4 members (excludes halogenated alkanes) is 1. The van der Waals surface area contributed by atoms with Gasteiger partial charge in [-0.1, -0.05) is 40.9 Å². The van der Waals surface area contributed by atoms with Crippen molar-refractivity contribution in [2.45, 2.75) is 26.2 Å². The predicted octanol–water partition coefficient (Wildman–Crippen LogP) is 3.54. The molecule has 1 aromatic rings. The van der Waals surface area contributed by atoms with Crippen molar-refractivity contribution in [1.82, 2.24) is 0 Å². The minimum Gasteiger partial charge on any atom is -0.366 e. The molecule has 0 aliphatic heterocycles. The first-order valence-electron chi connectivity index (χ1n) is 4.84. The Morgan fingerprint density at radius 3 is 2.73 bits per heavy atom. The van der Waals surface area contributed by atoms with Crippen LogP contribution in [0.4, 0.5) is 0 Å². The average Bonchev–Trinajstić information content (AvgIpc) is 2.18. The Balaban J connectivity index is 3.10. The van der Waals surface area contributed by atoms with Crippen molar-refractivity contribution >= 4 is 33.4 Å². The summed E-state index contributed by atoms with van der Waals surface area (Å²) in [6.07, 6.45) is 3.01. The number of rotatable bonds is 4. The SMILES string of the molecule is CCCCc1cc(Br)cc(C(N)=O)c1Cl. The molecule has 0 bridgehead atoms. The molecule has 1 aromatic carbocycles. The zero-order valence-corrected chi connectivity index (χ0v) is 10.9. The fourth-order valence-electron chi connectivity index (χ4n) is 1.37. The third-order valence-electron chi connectivity index (χ3n) is 2.18. The summed E-state index contributed by atoms with van der Waals surface area (Å²) in [7, 11) is 0. The average molecular weight is 291 g/mol. The summed E-state index contributed by atoms with van der Waals surface area (Å²) in [6, 6.07) is 3.59. The number of halogens is 2. The molecule has 0 radical (unpaired) electrons. The van der Waals surface area contributed by atoms with Gasteiger partial charge in [0.15, 0.2) is 0 Å². The molecule has 0 heterocycles. The van der Waals surface area contributed by atoms with Crippen LogP contribution in [-0.4, -0.2) is 5.91 Å². The molecule has 0 atom stereocenters.